The molecule has 1 aliphatic rings. The van der Waals surface area contributed by atoms with E-state index < -0.39 is 0 Å². The smallest absolute Gasteiger partial charge is 0.126 e. The Morgan fingerprint density at radius 1 is 1.47 bits per heavy atom. The molecule has 2 nitrogen and oxygen atoms in total. The highest BCUT2D eigenvalue weighted by Crippen LogP contribution is 2.22. The third-order valence-electron chi connectivity index (χ3n) is 3.44. The summed E-state index contributed by atoms with van der Waals surface area (Å²) in [6, 6.07) is 5.89. The number of nitrogens with one attached hydrogen (secondary N) is 1. The van der Waals surface area contributed by atoms with E-state index in [0.29, 0.717) is 11.6 Å². The van der Waals surface area contributed by atoms with Gasteiger partial charge >= 0.3 is 0 Å². The summed E-state index contributed by atoms with van der Waals surface area (Å²) in [5.41, 5.74) is 1.61. The second kappa shape index (κ2) is 5.61. The second-order valence-electron chi connectivity index (χ2n) is 4.67. The van der Waals surface area contributed by atoms with Gasteiger partial charge in [0.05, 0.1) is 6.10 Å². The van der Waals surface area contributed by atoms with Crippen LogP contribution in [0.5, 0.6) is 0 Å². The number of hydrogen-bond acceptors (Lipinski definition) is 2. The van der Waals surface area contributed by atoms with E-state index in [2.05, 4.69) is 12.2 Å². The van der Waals surface area contributed by atoms with Crippen LogP contribution in [0.3, 0.4) is 0 Å². The van der Waals surface area contributed by atoms with Gasteiger partial charge in [0, 0.05) is 19.2 Å². The normalized spacial score (nSPS) is 25.6. The molecule has 2 rings (SSSR count). The quantitative estimate of drug-likeness (QED) is 0.854. The molecule has 1 saturated heterocycles. The lowest BCUT2D eigenvalue weighted by molar-refractivity contribution is 0.0661. The van der Waals surface area contributed by atoms with Crippen molar-refractivity contribution in [2.45, 2.75) is 38.8 Å². The molecule has 0 bridgehead atoms. The van der Waals surface area contributed by atoms with Crippen LogP contribution < -0.4 is 5.32 Å². The molecule has 0 radical (unpaired) electrons. The molecule has 1 aromatic rings. The van der Waals surface area contributed by atoms with Crippen molar-refractivity contribution in [3.63, 3.8) is 0 Å². The minimum atomic E-state index is -0.151. The monoisotopic (exact) mass is 237 g/mol. The summed E-state index contributed by atoms with van der Waals surface area (Å²) in [7, 11) is 0. The maximum Gasteiger partial charge on any atom is 0.126 e. The predicted octanol–water partition coefficient (Wildman–Crippen LogP) is 2.96. The minimum absolute atomic E-state index is 0.0263. The van der Waals surface area contributed by atoms with Crippen LogP contribution in [0.2, 0.25) is 0 Å². The van der Waals surface area contributed by atoms with Crippen molar-refractivity contribution in [3.8, 4) is 0 Å². The van der Waals surface area contributed by atoms with Gasteiger partial charge in [-0.1, -0.05) is 19.1 Å². The molecule has 1 aromatic carbocycles. The number of halogens is 1. The third kappa shape index (κ3) is 3.05. The minimum Gasteiger partial charge on any atom is -0.372 e. The summed E-state index contributed by atoms with van der Waals surface area (Å²) in [4.78, 5) is 0. The van der Waals surface area contributed by atoms with Crippen molar-refractivity contribution in [1.82, 2.24) is 5.32 Å². The Bertz CT molecular complexity index is 380. The van der Waals surface area contributed by atoms with Gasteiger partial charge in [-0.3, -0.25) is 0 Å². The van der Waals surface area contributed by atoms with Crippen LogP contribution in [0, 0.1) is 12.7 Å². The van der Waals surface area contributed by atoms with Gasteiger partial charge in [-0.05, 0) is 37.0 Å². The van der Waals surface area contributed by atoms with E-state index >= 15 is 0 Å². The van der Waals surface area contributed by atoms with E-state index in [-0.39, 0.29) is 11.9 Å². The molecule has 2 atom stereocenters. The van der Waals surface area contributed by atoms with Crippen molar-refractivity contribution in [3.05, 3.63) is 35.1 Å². The average Bonchev–Trinajstić information content (AvgIpc) is 2.58. The first-order valence-electron chi connectivity index (χ1n) is 6.31. The number of aryl methyl sites for hydroxylation is 1. The summed E-state index contributed by atoms with van der Waals surface area (Å²) in [5.74, 6) is -0.151. The molecule has 1 fully saturated rings. The van der Waals surface area contributed by atoms with Gasteiger partial charge in [-0.2, -0.15) is 0 Å². The Morgan fingerprint density at radius 3 is 3.00 bits per heavy atom. The van der Waals surface area contributed by atoms with Gasteiger partial charge in [0.25, 0.3) is 0 Å². The van der Waals surface area contributed by atoms with E-state index in [4.69, 9.17) is 4.74 Å². The Kier molecular flexibility index (Phi) is 4.13. The number of benzene rings is 1. The molecule has 2 unspecified atom stereocenters. The number of rotatable bonds is 2. The molecule has 17 heavy (non-hydrogen) atoms. The highest BCUT2D eigenvalue weighted by molar-refractivity contribution is 5.25. The van der Waals surface area contributed by atoms with E-state index in [1.54, 1.807) is 13.0 Å². The van der Waals surface area contributed by atoms with Gasteiger partial charge < -0.3 is 10.1 Å². The molecule has 1 aliphatic heterocycles. The maximum atomic E-state index is 13.5. The van der Waals surface area contributed by atoms with Crippen LogP contribution in [0.1, 0.15) is 37.0 Å². The second-order valence-corrected chi connectivity index (χ2v) is 4.67. The summed E-state index contributed by atoms with van der Waals surface area (Å²) in [6.07, 6.45) is 2.11. The Balaban J connectivity index is 2.08. The Morgan fingerprint density at radius 2 is 2.29 bits per heavy atom. The first-order valence-corrected chi connectivity index (χ1v) is 6.31. The molecular weight excluding hydrogens is 217 g/mol. The number of hydrogen-bond donors (Lipinski definition) is 1. The molecule has 0 aromatic heterocycles. The zero-order valence-electron chi connectivity index (χ0n) is 10.5. The van der Waals surface area contributed by atoms with Crippen molar-refractivity contribution in [2.75, 3.05) is 13.2 Å². The summed E-state index contributed by atoms with van der Waals surface area (Å²) in [5, 5.41) is 3.47. The lowest BCUT2D eigenvalue weighted by Gasteiger charge is -2.16. The van der Waals surface area contributed by atoms with Crippen LogP contribution in [-0.4, -0.2) is 19.2 Å². The largest absolute Gasteiger partial charge is 0.372 e. The molecule has 1 heterocycles. The van der Waals surface area contributed by atoms with Crippen molar-refractivity contribution >= 4 is 0 Å². The van der Waals surface area contributed by atoms with Crippen molar-refractivity contribution < 1.29 is 9.13 Å². The third-order valence-corrected chi connectivity index (χ3v) is 3.44. The fourth-order valence-electron chi connectivity index (χ4n) is 2.16. The van der Waals surface area contributed by atoms with Crippen LogP contribution in [0.25, 0.3) is 0 Å². The maximum absolute atomic E-state index is 13.5. The lowest BCUT2D eigenvalue weighted by atomic mass is 10.1. The van der Waals surface area contributed by atoms with E-state index in [9.17, 15) is 4.39 Å². The van der Waals surface area contributed by atoms with Gasteiger partial charge in [0.1, 0.15) is 5.82 Å². The zero-order valence-corrected chi connectivity index (χ0v) is 10.5. The highest BCUT2D eigenvalue weighted by atomic mass is 19.1. The van der Waals surface area contributed by atoms with Crippen molar-refractivity contribution in [2.24, 2.45) is 0 Å². The predicted molar refractivity (Wildman–Crippen MR) is 66.5 cm³/mol. The summed E-state index contributed by atoms with van der Waals surface area (Å²) < 4.78 is 19.3. The molecular formula is C14H20FNO. The van der Waals surface area contributed by atoms with Gasteiger partial charge in [0.15, 0.2) is 0 Å². The fraction of sp³-hybridized carbons (Fsp3) is 0.571. The molecule has 94 valence electrons. The topological polar surface area (TPSA) is 21.3 Å². The van der Waals surface area contributed by atoms with E-state index in [1.807, 2.05) is 12.1 Å². The van der Waals surface area contributed by atoms with Crippen LogP contribution in [0.15, 0.2) is 18.2 Å². The van der Waals surface area contributed by atoms with Crippen molar-refractivity contribution in [1.29, 1.82) is 0 Å². The summed E-state index contributed by atoms with van der Waals surface area (Å²) in [6.45, 7) is 5.45. The zero-order chi connectivity index (χ0) is 12.3. The molecule has 0 saturated carbocycles. The van der Waals surface area contributed by atoms with Crippen LogP contribution in [0.4, 0.5) is 4.39 Å². The lowest BCUT2D eigenvalue weighted by Crippen LogP contribution is -2.29. The molecule has 0 amide bonds. The fourth-order valence-corrected chi connectivity index (χ4v) is 2.16. The Labute approximate surface area is 102 Å². The van der Waals surface area contributed by atoms with E-state index in [1.165, 1.54) is 0 Å². The van der Waals surface area contributed by atoms with E-state index in [0.717, 1.165) is 31.6 Å². The van der Waals surface area contributed by atoms with Crippen LogP contribution >= 0.6 is 0 Å². The molecule has 1 N–H and O–H groups in total. The first kappa shape index (κ1) is 12.5. The molecule has 3 heteroatoms. The van der Waals surface area contributed by atoms with Gasteiger partial charge in [-0.15, -0.1) is 0 Å². The molecule has 0 aliphatic carbocycles. The highest BCUT2D eigenvalue weighted by Gasteiger charge is 2.19. The number of ether oxygens (including phenoxy) is 1. The van der Waals surface area contributed by atoms with Crippen LogP contribution in [-0.2, 0) is 4.74 Å². The standard InChI is InChI=1S/C14H20FNO/c1-3-12-6-7-17-14(9-16-12)11-5-4-10(2)13(15)8-11/h4-5,8,12,14,16H,3,6-7,9H2,1-2H3. The average molecular weight is 237 g/mol. The SMILES string of the molecule is CCC1CCOC(c2ccc(C)c(F)c2)CN1. The summed E-state index contributed by atoms with van der Waals surface area (Å²) >= 11 is 0. The Hall–Kier alpha value is -0.930. The molecule has 0 spiro atoms. The van der Waals surface area contributed by atoms with Gasteiger partial charge in [0.2, 0.25) is 0 Å². The first-order chi connectivity index (χ1) is 8.20. The van der Waals surface area contributed by atoms with Gasteiger partial charge in [-0.25, -0.2) is 4.39 Å².